The number of aryl methyl sites for hydroxylation is 1. The normalized spacial score (nSPS) is 12.2. The van der Waals surface area contributed by atoms with Crippen LogP contribution in [0.15, 0.2) is 24.4 Å². The van der Waals surface area contributed by atoms with E-state index in [1.807, 2.05) is 32.3 Å². The Morgan fingerprint density at radius 1 is 1.21 bits per heavy atom. The van der Waals surface area contributed by atoms with E-state index >= 15 is 0 Å². The molecule has 1 aromatic heterocycles. The predicted molar refractivity (Wildman–Crippen MR) is 71.5 cm³/mol. The number of nitrogens with zero attached hydrogens (tertiary/aromatic N) is 3. The van der Waals surface area contributed by atoms with Crippen LogP contribution >= 0.6 is 0 Å². The van der Waals surface area contributed by atoms with Gasteiger partial charge in [0.15, 0.2) is 11.5 Å². The minimum absolute atomic E-state index is 0.000180. The van der Waals surface area contributed by atoms with Gasteiger partial charge >= 0.3 is 0 Å². The summed E-state index contributed by atoms with van der Waals surface area (Å²) in [5.74, 6) is 1.42. The number of hydrogen-bond donors (Lipinski definition) is 1. The number of methoxy groups -OCH3 is 2. The summed E-state index contributed by atoms with van der Waals surface area (Å²) in [6, 6.07) is 5.84. The van der Waals surface area contributed by atoms with Crippen molar-refractivity contribution in [2.75, 3.05) is 21.3 Å². The Balaban J connectivity index is 2.42. The molecule has 0 aliphatic carbocycles. The first-order valence-electron chi connectivity index (χ1n) is 5.95. The summed E-state index contributed by atoms with van der Waals surface area (Å²) >= 11 is 0. The van der Waals surface area contributed by atoms with E-state index in [0.29, 0.717) is 11.5 Å². The van der Waals surface area contributed by atoms with Gasteiger partial charge in [0.05, 0.1) is 32.2 Å². The third-order valence-electron chi connectivity index (χ3n) is 3.07. The maximum Gasteiger partial charge on any atom is 0.161 e. The van der Waals surface area contributed by atoms with Gasteiger partial charge in [0.2, 0.25) is 0 Å². The fourth-order valence-electron chi connectivity index (χ4n) is 2.08. The molecule has 0 spiro atoms. The zero-order chi connectivity index (χ0) is 13.8. The number of ether oxygens (including phenoxy) is 2. The van der Waals surface area contributed by atoms with Crippen molar-refractivity contribution in [2.45, 2.75) is 6.04 Å². The van der Waals surface area contributed by atoms with Crippen LogP contribution in [0.3, 0.4) is 0 Å². The second-order valence-corrected chi connectivity index (χ2v) is 4.12. The summed E-state index contributed by atoms with van der Waals surface area (Å²) in [5.41, 5.74) is 2.04. The number of aromatic nitrogens is 3. The quantitative estimate of drug-likeness (QED) is 0.875. The molecule has 0 fully saturated rings. The molecule has 1 atom stereocenters. The highest BCUT2D eigenvalue weighted by Crippen LogP contribution is 2.31. The molecule has 1 aromatic carbocycles. The summed E-state index contributed by atoms with van der Waals surface area (Å²) in [5, 5.41) is 11.1. The van der Waals surface area contributed by atoms with E-state index < -0.39 is 0 Å². The number of rotatable bonds is 5. The third kappa shape index (κ3) is 2.53. The number of benzene rings is 1. The van der Waals surface area contributed by atoms with Gasteiger partial charge in [0, 0.05) is 7.05 Å². The Bertz CT molecular complexity index is 553. The van der Waals surface area contributed by atoms with Gasteiger partial charge in [0.25, 0.3) is 0 Å². The highest BCUT2D eigenvalue weighted by molar-refractivity contribution is 5.45. The zero-order valence-electron chi connectivity index (χ0n) is 11.5. The molecule has 19 heavy (non-hydrogen) atoms. The van der Waals surface area contributed by atoms with Gasteiger partial charge in [0.1, 0.15) is 0 Å². The molecule has 1 unspecified atom stereocenters. The van der Waals surface area contributed by atoms with Crippen molar-refractivity contribution in [1.82, 2.24) is 20.3 Å². The van der Waals surface area contributed by atoms with E-state index in [4.69, 9.17) is 9.47 Å². The fourth-order valence-corrected chi connectivity index (χ4v) is 2.08. The van der Waals surface area contributed by atoms with Crippen LogP contribution in [-0.2, 0) is 7.05 Å². The molecule has 2 aromatic rings. The number of hydrogen-bond acceptors (Lipinski definition) is 5. The Labute approximate surface area is 112 Å². The van der Waals surface area contributed by atoms with Gasteiger partial charge in [-0.05, 0) is 24.7 Å². The SMILES string of the molecule is CNC(c1ccc(OC)c(OC)c1)c1cnnn1C. The molecule has 6 heteroatoms. The van der Waals surface area contributed by atoms with Gasteiger partial charge in [-0.25, -0.2) is 0 Å². The summed E-state index contributed by atoms with van der Waals surface area (Å²) in [4.78, 5) is 0. The van der Waals surface area contributed by atoms with Crippen molar-refractivity contribution >= 4 is 0 Å². The molecule has 6 nitrogen and oxygen atoms in total. The zero-order valence-corrected chi connectivity index (χ0v) is 11.5. The lowest BCUT2D eigenvalue weighted by atomic mass is 10.0. The van der Waals surface area contributed by atoms with Gasteiger partial charge < -0.3 is 14.8 Å². The first kappa shape index (κ1) is 13.4. The maximum atomic E-state index is 5.33. The molecule has 2 rings (SSSR count). The van der Waals surface area contributed by atoms with Crippen LogP contribution in [-0.4, -0.2) is 36.3 Å². The van der Waals surface area contributed by atoms with E-state index in [9.17, 15) is 0 Å². The van der Waals surface area contributed by atoms with Crippen LogP contribution in [0, 0.1) is 0 Å². The van der Waals surface area contributed by atoms with Crippen molar-refractivity contribution < 1.29 is 9.47 Å². The molecule has 1 N–H and O–H groups in total. The summed E-state index contributed by atoms with van der Waals surface area (Å²) < 4.78 is 12.3. The second-order valence-electron chi connectivity index (χ2n) is 4.12. The van der Waals surface area contributed by atoms with Crippen molar-refractivity contribution in [3.8, 4) is 11.5 Å². The molecule has 0 amide bonds. The van der Waals surface area contributed by atoms with E-state index in [0.717, 1.165) is 11.3 Å². The molecular formula is C13H18N4O2. The smallest absolute Gasteiger partial charge is 0.161 e. The lowest BCUT2D eigenvalue weighted by Gasteiger charge is -2.18. The molecule has 0 radical (unpaired) electrons. The molecule has 0 aliphatic heterocycles. The van der Waals surface area contributed by atoms with Gasteiger partial charge in [-0.2, -0.15) is 0 Å². The minimum Gasteiger partial charge on any atom is -0.493 e. The Morgan fingerprint density at radius 2 is 1.95 bits per heavy atom. The molecule has 102 valence electrons. The highest BCUT2D eigenvalue weighted by atomic mass is 16.5. The largest absolute Gasteiger partial charge is 0.493 e. The van der Waals surface area contributed by atoms with Crippen molar-refractivity contribution in [1.29, 1.82) is 0 Å². The highest BCUT2D eigenvalue weighted by Gasteiger charge is 2.18. The van der Waals surface area contributed by atoms with Crippen molar-refractivity contribution in [3.05, 3.63) is 35.7 Å². The van der Waals surface area contributed by atoms with Crippen LogP contribution in [0.4, 0.5) is 0 Å². The average Bonchev–Trinajstić information content (AvgIpc) is 2.86. The van der Waals surface area contributed by atoms with E-state index in [2.05, 4.69) is 15.6 Å². The Kier molecular flexibility index (Phi) is 4.01. The van der Waals surface area contributed by atoms with Crippen LogP contribution < -0.4 is 14.8 Å². The number of nitrogens with one attached hydrogen (secondary N) is 1. The Hall–Kier alpha value is -2.08. The maximum absolute atomic E-state index is 5.33. The van der Waals surface area contributed by atoms with Gasteiger partial charge in [-0.1, -0.05) is 11.3 Å². The minimum atomic E-state index is -0.000180. The summed E-state index contributed by atoms with van der Waals surface area (Å²) in [7, 11) is 7.02. The standard InChI is InChI=1S/C13H18N4O2/c1-14-13(10-8-15-16-17(10)2)9-5-6-11(18-3)12(7-9)19-4/h5-8,13-14H,1-4H3. The van der Waals surface area contributed by atoms with Gasteiger partial charge in [-0.3, -0.25) is 4.68 Å². The van der Waals surface area contributed by atoms with Crippen LogP contribution in [0.5, 0.6) is 11.5 Å². The molecule has 0 bridgehead atoms. The lowest BCUT2D eigenvalue weighted by Crippen LogP contribution is -2.20. The van der Waals surface area contributed by atoms with Crippen LogP contribution in [0.2, 0.25) is 0 Å². The topological polar surface area (TPSA) is 61.2 Å². The summed E-state index contributed by atoms with van der Waals surface area (Å²) in [6.45, 7) is 0. The molecule has 0 saturated carbocycles. The molecular weight excluding hydrogens is 244 g/mol. The fraction of sp³-hybridized carbons (Fsp3) is 0.385. The molecule has 0 aliphatic rings. The second kappa shape index (κ2) is 5.71. The van der Waals surface area contributed by atoms with E-state index in [1.54, 1.807) is 25.1 Å². The van der Waals surface area contributed by atoms with Crippen molar-refractivity contribution in [2.24, 2.45) is 7.05 Å². The van der Waals surface area contributed by atoms with Crippen LogP contribution in [0.25, 0.3) is 0 Å². The summed E-state index contributed by atoms with van der Waals surface area (Å²) in [6.07, 6.45) is 1.75. The average molecular weight is 262 g/mol. The van der Waals surface area contributed by atoms with E-state index in [1.165, 1.54) is 0 Å². The predicted octanol–water partition coefficient (Wildman–Crippen LogP) is 1.14. The lowest BCUT2D eigenvalue weighted by molar-refractivity contribution is 0.354. The Morgan fingerprint density at radius 3 is 2.47 bits per heavy atom. The first-order chi connectivity index (χ1) is 9.21. The molecule has 0 saturated heterocycles. The van der Waals surface area contributed by atoms with E-state index in [-0.39, 0.29) is 6.04 Å². The van der Waals surface area contributed by atoms with Crippen molar-refractivity contribution in [3.63, 3.8) is 0 Å². The molecule has 1 heterocycles. The monoisotopic (exact) mass is 262 g/mol. The first-order valence-corrected chi connectivity index (χ1v) is 5.95. The van der Waals surface area contributed by atoms with Gasteiger partial charge in [-0.15, -0.1) is 5.10 Å². The third-order valence-corrected chi connectivity index (χ3v) is 3.07. The van der Waals surface area contributed by atoms with Crippen LogP contribution in [0.1, 0.15) is 17.3 Å².